The molecule has 0 fully saturated rings. The van der Waals surface area contributed by atoms with Gasteiger partial charge in [-0.2, -0.15) is 0 Å². The van der Waals surface area contributed by atoms with E-state index in [1.165, 1.54) is 11.3 Å². The van der Waals surface area contributed by atoms with Gasteiger partial charge in [0.2, 0.25) is 0 Å². The van der Waals surface area contributed by atoms with Crippen LogP contribution in [0.15, 0.2) is 52.4 Å². The van der Waals surface area contributed by atoms with E-state index >= 15 is 0 Å². The molecule has 3 heterocycles. The predicted molar refractivity (Wildman–Crippen MR) is 118 cm³/mol. The number of carbonyl (C=O) groups is 2. The van der Waals surface area contributed by atoms with Crippen LogP contribution in [0.2, 0.25) is 0 Å². The standard InChI is InChI=1S/C22H20N4O4S/c1-13-19-15(12-17(18-8-5-11-31-18)25-22(19)30-26-13)21(28)24-16-7-4-3-6-14(16)20(27)23-9-10-29-2/h3-8,11-12H,9-10H2,1-2H3,(H,23,27)(H,24,28). The van der Waals surface area contributed by atoms with Crippen molar-refractivity contribution >= 4 is 39.9 Å². The lowest BCUT2D eigenvalue weighted by atomic mass is 10.1. The summed E-state index contributed by atoms with van der Waals surface area (Å²) in [4.78, 5) is 31.2. The molecule has 2 amide bonds. The quantitative estimate of drug-likeness (QED) is 0.426. The second kappa shape index (κ2) is 9.07. The summed E-state index contributed by atoms with van der Waals surface area (Å²) in [6.07, 6.45) is 0. The molecule has 3 aromatic heterocycles. The van der Waals surface area contributed by atoms with Gasteiger partial charge in [-0.05, 0) is 36.6 Å². The molecule has 0 aliphatic carbocycles. The number of thiophene rings is 1. The fourth-order valence-corrected chi connectivity index (χ4v) is 3.85. The highest BCUT2D eigenvalue weighted by atomic mass is 32.1. The van der Waals surface area contributed by atoms with Crippen molar-refractivity contribution in [3.8, 4) is 10.6 Å². The number of nitrogens with zero attached hydrogens (tertiary/aromatic N) is 2. The number of fused-ring (bicyclic) bond motifs is 1. The van der Waals surface area contributed by atoms with Crippen molar-refractivity contribution in [3.63, 3.8) is 0 Å². The van der Waals surface area contributed by atoms with E-state index in [9.17, 15) is 9.59 Å². The number of nitrogens with one attached hydrogen (secondary N) is 2. The van der Waals surface area contributed by atoms with Crippen LogP contribution < -0.4 is 10.6 Å². The van der Waals surface area contributed by atoms with Crippen molar-refractivity contribution in [1.29, 1.82) is 0 Å². The van der Waals surface area contributed by atoms with Gasteiger partial charge in [0.1, 0.15) is 0 Å². The zero-order valence-corrected chi connectivity index (χ0v) is 17.8. The highest BCUT2D eigenvalue weighted by Gasteiger charge is 2.21. The third-order valence-corrected chi connectivity index (χ3v) is 5.54. The van der Waals surface area contributed by atoms with Crippen LogP contribution in [0.4, 0.5) is 5.69 Å². The van der Waals surface area contributed by atoms with Crippen LogP contribution in [-0.4, -0.2) is 42.2 Å². The van der Waals surface area contributed by atoms with Gasteiger partial charge < -0.3 is 19.9 Å². The molecule has 0 unspecified atom stereocenters. The highest BCUT2D eigenvalue weighted by molar-refractivity contribution is 7.13. The van der Waals surface area contributed by atoms with Gasteiger partial charge >= 0.3 is 0 Å². The van der Waals surface area contributed by atoms with Crippen molar-refractivity contribution in [2.24, 2.45) is 0 Å². The van der Waals surface area contributed by atoms with Crippen molar-refractivity contribution in [2.45, 2.75) is 6.92 Å². The Kier molecular flexibility index (Phi) is 6.06. The lowest BCUT2D eigenvalue weighted by Crippen LogP contribution is -2.28. The average Bonchev–Trinajstić information content (AvgIpc) is 3.44. The van der Waals surface area contributed by atoms with Crippen molar-refractivity contribution in [2.75, 3.05) is 25.6 Å². The minimum Gasteiger partial charge on any atom is -0.383 e. The van der Waals surface area contributed by atoms with Gasteiger partial charge in [0.15, 0.2) is 0 Å². The molecule has 8 nitrogen and oxygen atoms in total. The smallest absolute Gasteiger partial charge is 0.259 e. The number of amides is 2. The number of aromatic nitrogens is 2. The molecule has 0 saturated carbocycles. The Morgan fingerprint density at radius 3 is 2.74 bits per heavy atom. The molecule has 0 aliphatic rings. The summed E-state index contributed by atoms with van der Waals surface area (Å²) in [6, 6.07) is 12.4. The van der Waals surface area contributed by atoms with Crippen LogP contribution in [0, 0.1) is 6.92 Å². The predicted octanol–water partition coefficient (Wildman–Crippen LogP) is 3.89. The molecule has 2 N–H and O–H groups in total. The normalized spacial score (nSPS) is 10.9. The summed E-state index contributed by atoms with van der Waals surface area (Å²) < 4.78 is 10.3. The number of hydrogen-bond acceptors (Lipinski definition) is 7. The Bertz CT molecular complexity index is 1230. The molecule has 0 bridgehead atoms. The zero-order valence-electron chi connectivity index (χ0n) is 17.0. The molecule has 0 atom stereocenters. The first-order valence-electron chi connectivity index (χ1n) is 9.57. The maximum absolute atomic E-state index is 13.3. The number of aryl methyl sites for hydroxylation is 1. The molecule has 1 aromatic carbocycles. The topological polar surface area (TPSA) is 106 Å². The summed E-state index contributed by atoms with van der Waals surface area (Å²) in [6.45, 7) is 2.52. The molecule has 4 rings (SSSR count). The summed E-state index contributed by atoms with van der Waals surface area (Å²) in [5, 5.41) is 12.1. The molecule has 0 saturated heterocycles. The maximum atomic E-state index is 13.3. The van der Waals surface area contributed by atoms with Crippen LogP contribution in [0.25, 0.3) is 21.7 Å². The highest BCUT2D eigenvalue weighted by Crippen LogP contribution is 2.30. The third-order valence-electron chi connectivity index (χ3n) is 4.65. The monoisotopic (exact) mass is 436 g/mol. The second-order valence-corrected chi connectivity index (χ2v) is 7.68. The van der Waals surface area contributed by atoms with Gasteiger partial charge in [0.25, 0.3) is 17.5 Å². The van der Waals surface area contributed by atoms with Crippen molar-refractivity contribution in [3.05, 3.63) is 64.7 Å². The number of hydrogen-bond donors (Lipinski definition) is 2. The van der Waals surface area contributed by atoms with Gasteiger partial charge in [-0.1, -0.05) is 23.4 Å². The summed E-state index contributed by atoms with van der Waals surface area (Å²) in [7, 11) is 1.56. The van der Waals surface area contributed by atoms with Gasteiger partial charge in [-0.3, -0.25) is 9.59 Å². The minimum atomic E-state index is -0.381. The number of methoxy groups -OCH3 is 1. The van der Waals surface area contributed by atoms with Crippen LogP contribution in [-0.2, 0) is 4.74 Å². The fraction of sp³-hybridized carbons (Fsp3) is 0.182. The molecule has 0 radical (unpaired) electrons. The van der Waals surface area contributed by atoms with Gasteiger partial charge in [-0.25, -0.2) is 4.98 Å². The van der Waals surface area contributed by atoms with E-state index in [2.05, 4.69) is 20.8 Å². The van der Waals surface area contributed by atoms with E-state index in [4.69, 9.17) is 9.26 Å². The van der Waals surface area contributed by atoms with E-state index in [1.807, 2.05) is 17.5 Å². The average molecular weight is 436 g/mol. The molecule has 158 valence electrons. The van der Waals surface area contributed by atoms with E-state index in [0.717, 1.165) is 4.88 Å². The summed E-state index contributed by atoms with van der Waals surface area (Å²) >= 11 is 1.51. The second-order valence-electron chi connectivity index (χ2n) is 6.73. The lowest BCUT2D eigenvalue weighted by molar-refractivity contribution is 0.0938. The van der Waals surface area contributed by atoms with E-state index in [-0.39, 0.29) is 11.8 Å². The molecule has 4 aromatic rings. The van der Waals surface area contributed by atoms with Crippen molar-refractivity contribution < 1.29 is 18.8 Å². The Hall–Kier alpha value is -3.56. The Morgan fingerprint density at radius 1 is 1.13 bits per heavy atom. The Labute approximate surface area is 182 Å². The first kappa shape index (κ1) is 20.7. The van der Waals surface area contributed by atoms with Crippen LogP contribution in [0.3, 0.4) is 0 Å². The minimum absolute atomic E-state index is 0.291. The SMILES string of the molecule is COCCNC(=O)c1ccccc1NC(=O)c1cc(-c2cccs2)nc2onc(C)c12. The van der Waals surface area contributed by atoms with E-state index in [0.29, 0.717) is 52.5 Å². The number of pyridine rings is 1. The summed E-state index contributed by atoms with van der Waals surface area (Å²) in [5.74, 6) is -0.679. The molecule has 9 heteroatoms. The number of benzene rings is 1. The lowest BCUT2D eigenvalue weighted by Gasteiger charge is -2.12. The van der Waals surface area contributed by atoms with E-state index in [1.54, 1.807) is 44.4 Å². The number of ether oxygens (including phenoxy) is 1. The molecule has 0 spiro atoms. The number of anilines is 1. The maximum Gasteiger partial charge on any atom is 0.259 e. The largest absolute Gasteiger partial charge is 0.383 e. The third kappa shape index (κ3) is 4.32. The van der Waals surface area contributed by atoms with Crippen molar-refractivity contribution in [1.82, 2.24) is 15.5 Å². The molecular formula is C22H20N4O4S. The van der Waals surface area contributed by atoms with Crippen LogP contribution in [0.1, 0.15) is 26.4 Å². The Balaban J connectivity index is 1.68. The first-order valence-corrected chi connectivity index (χ1v) is 10.4. The molecular weight excluding hydrogens is 416 g/mol. The fourth-order valence-electron chi connectivity index (χ4n) is 3.17. The van der Waals surface area contributed by atoms with Gasteiger partial charge in [-0.15, -0.1) is 11.3 Å². The Morgan fingerprint density at radius 2 is 1.97 bits per heavy atom. The molecule has 0 aliphatic heterocycles. The van der Waals surface area contributed by atoms with E-state index < -0.39 is 0 Å². The van der Waals surface area contributed by atoms with Gasteiger partial charge in [0.05, 0.1) is 45.1 Å². The zero-order chi connectivity index (χ0) is 21.8. The summed E-state index contributed by atoms with van der Waals surface area (Å²) in [5.41, 5.74) is 2.61. The first-order chi connectivity index (χ1) is 15.1. The number of carbonyl (C=O) groups excluding carboxylic acids is 2. The number of rotatable bonds is 7. The number of para-hydroxylation sites is 1. The van der Waals surface area contributed by atoms with Crippen LogP contribution >= 0.6 is 11.3 Å². The molecule has 31 heavy (non-hydrogen) atoms. The van der Waals surface area contributed by atoms with Crippen LogP contribution in [0.5, 0.6) is 0 Å². The van der Waals surface area contributed by atoms with Gasteiger partial charge in [0, 0.05) is 13.7 Å².